The van der Waals surface area contributed by atoms with Crippen LogP contribution in [0.2, 0.25) is 0 Å². The number of carboxylic acid groups (broad SMARTS) is 1. The highest BCUT2D eigenvalue weighted by molar-refractivity contribution is 5.87. The molecule has 1 aromatic carbocycles. The van der Waals surface area contributed by atoms with E-state index in [1.165, 1.54) is 10.6 Å². The average molecular weight is 317 g/mol. The Kier molecular flexibility index (Phi) is 5.41. The lowest BCUT2D eigenvalue weighted by Crippen LogP contribution is -2.28. The van der Waals surface area contributed by atoms with Crippen LogP contribution in [0.4, 0.5) is 0 Å². The summed E-state index contributed by atoms with van der Waals surface area (Å²) in [4.78, 5) is 23.1. The molecule has 0 fully saturated rings. The van der Waals surface area contributed by atoms with Crippen molar-refractivity contribution in [2.24, 2.45) is 0 Å². The van der Waals surface area contributed by atoms with Gasteiger partial charge >= 0.3 is 5.97 Å². The number of methoxy groups -OCH3 is 1. The van der Waals surface area contributed by atoms with Crippen LogP contribution in [0.3, 0.4) is 0 Å². The first-order valence-electron chi connectivity index (χ1n) is 7.23. The summed E-state index contributed by atoms with van der Waals surface area (Å²) in [6, 6.07) is 10.2. The number of aromatic carboxylic acids is 1. The van der Waals surface area contributed by atoms with Crippen LogP contribution in [0.1, 0.15) is 22.5 Å². The number of aryl methyl sites for hydroxylation is 1. The molecule has 0 aliphatic carbocycles. The van der Waals surface area contributed by atoms with Crippen LogP contribution in [0.15, 0.2) is 41.2 Å². The first kappa shape index (κ1) is 16.6. The maximum atomic E-state index is 12.1. The predicted molar refractivity (Wildman–Crippen MR) is 85.5 cm³/mol. The molecule has 0 saturated carbocycles. The van der Waals surface area contributed by atoms with Gasteiger partial charge in [0.05, 0.1) is 13.7 Å². The number of pyridine rings is 1. The largest absolute Gasteiger partial charge is 0.497 e. The Bertz CT molecular complexity index is 734. The molecule has 1 N–H and O–H groups in total. The van der Waals surface area contributed by atoms with E-state index in [1.54, 1.807) is 44.4 Å². The Hall–Kier alpha value is -2.76. The van der Waals surface area contributed by atoms with Gasteiger partial charge in [0.15, 0.2) is 0 Å². The smallest absolute Gasteiger partial charge is 0.341 e. The zero-order chi connectivity index (χ0) is 16.8. The van der Waals surface area contributed by atoms with Crippen LogP contribution in [-0.4, -0.2) is 29.4 Å². The molecule has 122 valence electrons. The van der Waals surface area contributed by atoms with Crippen LogP contribution in [0.25, 0.3) is 0 Å². The monoisotopic (exact) mass is 317 g/mol. The van der Waals surface area contributed by atoms with E-state index in [2.05, 4.69) is 0 Å². The van der Waals surface area contributed by atoms with Gasteiger partial charge in [-0.2, -0.15) is 0 Å². The summed E-state index contributed by atoms with van der Waals surface area (Å²) in [6.07, 6.45) is 0.593. The lowest BCUT2D eigenvalue weighted by atomic mass is 10.2. The van der Waals surface area contributed by atoms with E-state index in [0.29, 0.717) is 25.3 Å². The standard InChI is InChI=1S/C17H19NO5/c1-12-4-9-15(17(20)21)16(19)18(12)10-3-11-23-14-7-5-13(22-2)6-8-14/h4-9H,3,10-11H2,1-2H3,(H,20,21). The summed E-state index contributed by atoms with van der Waals surface area (Å²) in [7, 11) is 1.60. The molecule has 0 saturated heterocycles. The Morgan fingerprint density at radius 3 is 2.39 bits per heavy atom. The van der Waals surface area contributed by atoms with E-state index in [0.717, 1.165) is 11.4 Å². The molecule has 0 amide bonds. The number of hydrogen-bond acceptors (Lipinski definition) is 4. The van der Waals surface area contributed by atoms with Gasteiger partial charge in [-0.05, 0) is 49.7 Å². The van der Waals surface area contributed by atoms with Gasteiger partial charge in [-0.25, -0.2) is 4.79 Å². The van der Waals surface area contributed by atoms with Crippen molar-refractivity contribution >= 4 is 5.97 Å². The molecule has 0 spiro atoms. The van der Waals surface area contributed by atoms with Crippen molar-refractivity contribution in [3.8, 4) is 11.5 Å². The van der Waals surface area contributed by atoms with Crippen molar-refractivity contribution < 1.29 is 19.4 Å². The minimum Gasteiger partial charge on any atom is -0.497 e. The number of aromatic nitrogens is 1. The third kappa shape index (κ3) is 4.12. The topological polar surface area (TPSA) is 77.8 Å². The summed E-state index contributed by atoms with van der Waals surface area (Å²) in [5.41, 5.74) is 0.0260. The molecule has 1 aromatic heterocycles. The van der Waals surface area contributed by atoms with Crippen molar-refractivity contribution in [2.75, 3.05) is 13.7 Å². The minimum atomic E-state index is -1.21. The Morgan fingerprint density at radius 2 is 1.78 bits per heavy atom. The molecule has 0 aliphatic heterocycles. The van der Waals surface area contributed by atoms with Gasteiger partial charge in [-0.15, -0.1) is 0 Å². The van der Waals surface area contributed by atoms with Gasteiger partial charge in [-0.1, -0.05) is 0 Å². The fraction of sp³-hybridized carbons (Fsp3) is 0.294. The number of ether oxygens (including phenoxy) is 2. The first-order valence-corrected chi connectivity index (χ1v) is 7.23. The van der Waals surface area contributed by atoms with Gasteiger partial charge in [0.25, 0.3) is 5.56 Å². The highest BCUT2D eigenvalue weighted by Gasteiger charge is 2.12. The average Bonchev–Trinajstić information content (AvgIpc) is 2.54. The molecule has 1 heterocycles. The van der Waals surface area contributed by atoms with Gasteiger partial charge in [-0.3, -0.25) is 4.79 Å². The minimum absolute atomic E-state index is 0.216. The van der Waals surface area contributed by atoms with E-state index in [4.69, 9.17) is 14.6 Å². The quantitative estimate of drug-likeness (QED) is 0.793. The Morgan fingerprint density at radius 1 is 1.13 bits per heavy atom. The van der Waals surface area contributed by atoms with Gasteiger partial charge in [0.2, 0.25) is 0 Å². The van der Waals surface area contributed by atoms with E-state index in [-0.39, 0.29) is 5.56 Å². The molecule has 0 radical (unpaired) electrons. The predicted octanol–water partition coefficient (Wildman–Crippen LogP) is 2.33. The second-order valence-corrected chi connectivity index (χ2v) is 5.03. The van der Waals surface area contributed by atoms with E-state index >= 15 is 0 Å². The van der Waals surface area contributed by atoms with Gasteiger partial charge in [0.1, 0.15) is 17.1 Å². The molecular weight excluding hydrogens is 298 g/mol. The summed E-state index contributed by atoms with van der Waals surface area (Å²) in [5, 5.41) is 9.00. The van der Waals surface area contributed by atoms with Crippen molar-refractivity contribution in [1.82, 2.24) is 4.57 Å². The van der Waals surface area contributed by atoms with E-state index in [1.807, 2.05) is 0 Å². The van der Waals surface area contributed by atoms with Crippen molar-refractivity contribution in [1.29, 1.82) is 0 Å². The van der Waals surface area contributed by atoms with Crippen LogP contribution in [0, 0.1) is 6.92 Å². The number of carbonyl (C=O) groups is 1. The van der Waals surface area contributed by atoms with Crippen molar-refractivity contribution in [2.45, 2.75) is 19.9 Å². The molecule has 2 aromatic rings. The van der Waals surface area contributed by atoms with E-state index < -0.39 is 11.5 Å². The number of rotatable bonds is 7. The molecule has 0 atom stereocenters. The second-order valence-electron chi connectivity index (χ2n) is 5.03. The fourth-order valence-corrected chi connectivity index (χ4v) is 2.20. The second kappa shape index (κ2) is 7.49. The molecule has 0 aliphatic rings. The molecule has 6 heteroatoms. The number of carboxylic acids is 1. The molecule has 2 rings (SSSR count). The van der Waals surface area contributed by atoms with Crippen molar-refractivity contribution in [3.05, 3.63) is 58.0 Å². The lowest BCUT2D eigenvalue weighted by Gasteiger charge is -2.11. The summed E-state index contributed by atoms with van der Waals surface area (Å²) < 4.78 is 12.1. The number of hydrogen-bond donors (Lipinski definition) is 1. The third-order valence-electron chi connectivity index (χ3n) is 3.48. The van der Waals surface area contributed by atoms with Crippen LogP contribution in [-0.2, 0) is 6.54 Å². The van der Waals surface area contributed by atoms with Gasteiger partial charge in [0, 0.05) is 12.2 Å². The third-order valence-corrected chi connectivity index (χ3v) is 3.48. The Labute approximate surface area is 133 Å². The van der Waals surface area contributed by atoms with Crippen LogP contribution >= 0.6 is 0 Å². The molecular formula is C17H19NO5. The molecule has 0 unspecified atom stereocenters. The highest BCUT2D eigenvalue weighted by atomic mass is 16.5. The SMILES string of the molecule is COc1ccc(OCCCn2c(C)ccc(C(=O)O)c2=O)cc1. The summed E-state index contributed by atoms with van der Waals surface area (Å²) in [5.74, 6) is 0.261. The summed E-state index contributed by atoms with van der Waals surface area (Å²) >= 11 is 0. The van der Waals surface area contributed by atoms with Gasteiger partial charge < -0.3 is 19.1 Å². The number of nitrogens with zero attached hydrogens (tertiary/aromatic N) is 1. The summed E-state index contributed by atoms with van der Waals surface area (Å²) in [6.45, 7) is 2.61. The highest BCUT2D eigenvalue weighted by Crippen LogP contribution is 2.17. The molecule has 23 heavy (non-hydrogen) atoms. The lowest BCUT2D eigenvalue weighted by molar-refractivity contribution is 0.0694. The van der Waals surface area contributed by atoms with Crippen LogP contribution in [0.5, 0.6) is 11.5 Å². The first-order chi connectivity index (χ1) is 11.0. The zero-order valence-electron chi connectivity index (χ0n) is 13.1. The normalized spacial score (nSPS) is 10.3. The molecule has 6 nitrogen and oxygen atoms in total. The Balaban J connectivity index is 1.94. The fourth-order valence-electron chi connectivity index (χ4n) is 2.20. The van der Waals surface area contributed by atoms with Crippen molar-refractivity contribution in [3.63, 3.8) is 0 Å². The number of benzene rings is 1. The maximum absolute atomic E-state index is 12.1. The maximum Gasteiger partial charge on any atom is 0.341 e. The zero-order valence-corrected chi connectivity index (χ0v) is 13.1. The van der Waals surface area contributed by atoms with Crippen LogP contribution < -0.4 is 15.0 Å². The molecule has 0 bridgehead atoms. The van der Waals surface area contributed by atoms with E-state index in [9.17, 15) is 9.59 Å².